The fourth-order valence-electron chi connectivity index (χ4n) is 1.99. The molecule has 0 amide bonds. The SMILES string of the molecule is COc1cc(OC)c(CC2(N)CC2)cc1C. The first-order valence-corrected chi connectivity index (χ1v) is 5.58. The lowest BCUT2D eigenvalue weighted by molar-refractivity contribution is 0.387. The van der Waals surface area contributed by atoms with E-state index in [1.165, 1.54) is 5.56 Å². The largest absolute Gasteiger partial charge is 0.496 e. The molecular formula is C13H19NO2. The van der Waals surface area contributed by atoms with E-state index in [1.807, 2.05) is 13.0 Å². The molecule has 0 atom stereocenters. The Morgan fingerprint density at radius 3 is 2.31 bits per heavy atom. The van der Waals surface area contributed by atoms with Crippen LogP contribution in [0.4, 0.5) is 0 Å². The average Bonchev–Trinajstić information content (AvgIpc) is 2.96. The Labute approximate surface area is 96.5 Å². The predicted molar refractivity (Wildman–Crippen MR) is 64.1 cm³/mol. The summed E-state index contributed by atoms with van der Waals surface area (Å²) in [5.74, 6) is 1.74. The predicted octanol–water partition coefficient (Wildman–Crippen LogP) is 2.05. The van der Waals surface area contributed by atoms with Crippen molar-refractivity contribution in [2.45, 2.75) is 31.7 Å². The maximum Gasteiger partial charge on any atom is 0.125 e. The molecule has 2 rings (SSSR count). The van der Waals surface area contributed by atoms with Crippen LogP contribution >= 0.6 is 0 Å². The lowest BCUT2D eigenvalue weighted by Crippen LogP contribution is -2.24. The molecule has 1 aromatic rings. The zero-order chi connectivity index (χ0) is 11.8. The van der Waals surface area contributed by atoms with Gasteiger partial charge in [-0.2, -0.15) is 0 Å². The highest BCUT2D eigenvalue weighted by molar-refractivity contribution is 5.47. The zero-order valence-electron chi connectivity index (χ0n) is 10.2. The van der Waals surface area contributed by atoms with Crippen molar-refractivity contribution in [1.29, 1.82) is 0 Å². The molecular weight excluding hydrogens is 202 g/mol. The standard InChI is InChI=1S/C13H19NO2/c1-9-6-10(8-13(14)4-5-13)12(16-3)7-11(9)15-2/h6-7H,4-5,8,14H2,1-3H3. The van der Waals surface area contributed by atoms with Crippen molar-refractivity contribution in [3.63, 3.8) is 0 Å². The molecule has 0 aromatic heterocycles. The van der Waals surface area contributed by atoms with E-state index in [-0.39, 0.29) is 5.54 Å². The number of aryl methyl sites for hydroxylation is 1. The molecule has 1 aliphatic carbocycles. The summed E-state index contributed by atoms with van der Waals surface area (Å²) in [4.78, 5) is 0. The average molecular weight is 221 g/mol. The van der Waals surface area contributed by atoms with Gasteiger partial charge in [0.25, 0.3) is 0 Å². The van der Waals surface area contributed by atoms with Gasteiger partial charge in [-0.15, -0.1) is 0 Å². The molecule has 1 fully saturated rings. The lowest BCUT2D eigenvalue weighted by atomic mass is 10.0. The number of nitrogens with two attached hydrogens (primary N) is 1. The van der Waals surface area contributed by atoms with Gasteiger partial charge >= 0.3 is 0 Å². The minimum atomic E-state index is 0.00824. The second kappa shape index (κ2) is 3.98. The topological polar surface area (TPSA) is 44.5 Å². The van der Waals surface area contributed by atoms with Crippen molar-refractivity contribution in [2.24, 2.45) is 5.73 Å². The number of ether oxygens (including phenoxy) is 2. The van der Waals surface area contributed by atoms with Crippen LogP contribution in [0.2, 0.25) is 0 Å². The fourth-order valence-corrected chi connectivity index (χ4v) is 1.99. The zero-order valence-corrected chi connectivity index (χ0v) is 10.2. The van der Waals surface area contributed by atoms with E-state index < -0.39 is 0 Å². The van der Waals surface area contributed by atoms with Gasteiger partial charge in [-0.1, -0.05) is 0 Å². The van der Waals surface area contributed by atoms with E-state index in [4.69, 9.17) is 15.2 Å². The van der Waals surface area contributed by atoms with Crippen molar-refractivity contribution in [3.8, 4) is 11.5 Å². The van der Waals surface area contributed by atoms with Gasteiger partial charge in [-0.25, -0.2) is 0 Å². The lowest BCUT2D eigenvalue weighted by Gasteiger charge is -2.15. The summed E-state index contributed by atoms with van der Waals surface area (Å²) in [6.45, 7) is 2.04. The van der Waals surface area contributed by atoms with E-state index in [0.29, 0.717) is 0 Å². The van der Waals surface area contributed by atoms with Crippen LogP contribution in [0, 0.1) is 6.92 Å². The Hall–Kier alpha value is -1.22. The second-order valence-corrected chi connectivity index (χ2v) is 4.67. The van der Waals surface area contributed by atoms with Crippen molar-refractivity contribution < 1.29 is 9.47 Å². The van der Waals surface area contributed by atoms with Gasteiger partial charge in [-0.3, -0.25) is 0 Å². The van der Waals surface area contributed by atoms with E-state index in [2.05, 4.69) is 6.07 Å². The molecule has 0 spiro atoms. The van der Waals surface area contributed by atoms with Crippen LogP contribution in [0.1, 0.15) is 24.0 Å². The van der Waals surface area contributed by atoms with Gasteiger partial charge in [0.05, 0.1) is 14.2 Å². The summed E-state index contributed by atoms with van der Waals surface area (Å²) >= 11 is 0. The molecule has 1 aromatic carbocycles. The van der Waals surface area contributed by atoms with E-state index in [1.54, 1.807) is 14.2 Å². The number of hydrogen-bond acceptors (Lipinski definition) is 3. The van der Waals surface area contributed by atoms with Crippen molar-refractivity contribution in [1.82, 2.24) is 0 Å². The highest BCUT2D eigenvalue weighted by Gasteiger charge is 2.38. The fraction of sp³-hybridized carbons (Fsp3) is 0.538. The first-order valence-electron chi connectivity index (χ1n) is 5.58. The van der Waals surface area contributed by atoms with Gasteiger partial charge in [0.1, 0.15) is 11.5 Å². The van der Waals surface area contributed by atoms with Gasteiger partial charge in [0, 0.05) is 11.6 Å². The van der Waals surface area contributed by atoms with Crippen LogP contribution in [-0.4, -0.2) is 19.8 Å². The molecule has 0 unspecified atom stereocenters. The maximum absolute atomic E-state index is 6.14. The monoisotopic (exact) mass is 221 g/mol. The van der Waals surface area contributed by atoms with Crippen LogP contribution in [0.5, 0.6) is 11.5 Å². The Kier molecular flexibility index (Phi) is 2.80. The third-order valence-electron chi connectivity index (χ3n) is 3.23. The van der Waals surface area contributed by atoms with Crippen LogP contribution in [-0.2, 0) is 6.42 Å². The third kappa shape index (κ3) is 2.14. The van der Waals surface area contributed by atoms with Crippen LogP contribution in [0.3, 0.4) is 0 Å². The van der Waals surface area contributed by atoms with Gasteiger partial charge in [-0.05, 0) is 43.4 Å². The smallest absolute Gasteiger partial charge is 0.125 e. The molecule has 3 heteroatoms. The molecule has 0 aliphatic heterocycles. The minimum absolute atomic E-state index is 0.00824. The normalized spacial score (nSPS) is 17.0. The first kappa shape index (κ1) is 11.3. The van der Waals surface area contributed by atoms with E-state index in [0.717, 1.165) is 36.3 Å². The molecule has 1 aliphatic rings. The van der Waals surface area contributed by atoms with Gasteiger partial charge in [0.2, 0.25) is 0 Å². The Morgan fingerprint density at radius 1 is 1.19 bits per heavy atom. The van der Waals surface area contributed by atoms with E-state index >= 15 is 0 Å². The van der Waals surface area contributed by atoms with E-state index in [9.17, 15) is 0 Å². The number of benzene rings is 1. The summed E-state index contributed by atoms with van der Waals surface area (Å²) in [7, 11) is 3.36. The Bertz CT molecular complexity index is 397. The van der Waals surface area contributed by atoms with Crippen molar-refractivity contribution in [3.05, 3.63) is 23.3 Å². The van der Waals surface area contributed by atoms with Crippen molar-refractivity contribution in [2.75, 3.05) is 14.2 Å². The minimum Gasteiger partial charge on any atom is -0.496 e. The Balaban J connectivity index is 2.32. The molecule has 3 nitrogen and oxygen atoms in total. The molecule has 16 heavy (non-hydrogen) atoms. The summed E-state index contributed by atoms with van der Waals surface area (Å²) in [6.07, 6.45) is 3.11. The molecule has 0 heterocycles. The quantitative estimate of drug-likeness (QED) is 0.846. The molecule has 0 radical (unpaired) electrons. The van der Waals surface area contributed by atoms with Crippen LogP contribution in [0.15, 0.2) is 12.1 Å². The molecule has 2 N–H and O–H groups in total. The first-order chi connectivity index (χ1) is 7.58. The molecule has 0 saturated heterocycles. The van der Waals surface area contributed by atoms with Gasteiger partial charge in [0.15, 0.2) is 0 Å². The number of hydrogen-bond donors (Lipinski definition) is 1. The highest BCUT2D eigenvalue weighted by Crippen LogP contribution is 2.39. The second-order valence-electron chi connectivity index (χ2n) is 4.67. The highest BCUT2D eigenvalue weighted by atomic mass is 16.5. The summed E-state index contributed by atoms with van der Waals surface area (Å²) < 4.78 is 10.7. The number of methoxy groups -OCH3 is 2. The summed E-state index contributed by atoms with van der Waals surface area (Å²) in [6, 6.07) is 4.06. The number of rotatable bonds is 4. The van der Waals surface area contributed by atoms with Gasteiger partial charge < -0.3 is 15.2 Å². The van der Waals surface area contributed by atoms with Crippen LogP contribution < -0.4 is 15.2 Å². The van der Waals surface area contributed by atoms with Crippen LogP contribution in [0.25, 0.3) is 0 Å². The summed E-state index contributed by atoms with van der Waals surface area (Å²) in [5.41, 5.74) is 8.45. The van der Waals surface area contributed by atoms with Crippen molar-refractivity contribution >= 4 is 0 Å². The molecule has 1 saturated carbocycles. The molecule has 88 valence electrons. The molecule has 0 bridgehead atoms. The Morgan fingerprint density at radius 2 is 1.81 bits per heavy atom. The summed E-state index contributed by atoms with van der Waals surface area (Å²) in [5, 5.41) is 0. The maximum atomic E-state index is 6.14. The third-order valence-corrected chi connectivity index (χ3v) is 3.23.